The zero-order valence-electron chi connectivity index (χ0n) is 16.9. The summed E-state index contributed by atoms with van der Waals surface area (Å²) >= 11 is 0. The minimum absolute atomic E-state index is 0.0388. The van der Waals surface area contributed by atoms with E-state index in [1.165, 1.54) is 28.1 Å². The van der Waals surface area contributed by atoms with Crippen LogP contribution in [0.1, 0.15) is 30.4 Å². The summed E-state index contributed by atoms with van der Waals surface area (Å²) < 4.78 is 56.6. The van der Waals surface area contributed by atoms with E-state index in [0.29, 0.717) is 23.4 Å². The lowest BCUT2D eigenvalue weighted by Crippen LogP contribution is -2.41. The van der Waals surface area contributed by atoms with Gasteiger partial charge in [-0.1, -0.05) is 12.1 Å². The van der Waals surface area contributed by atoms with Crippen LogP contribution in [0, 0.1) is 5.92 Å². The molecule has 2 aromatic carbocycles. The lowest BCUT2D eigenvalue weighted by Gasteiger charge is -2.30. The Morgan fingerprint density at radius 2 is 1.81 bits per heavy atom. The summed E-state index contributed by atoms with van der Waals surface area (Å²) in [7, 11) is -3.59. The normalized spacial score (nSPS) is 17.5. The number of nitrogens with one attached hydrogen (secondary N) is 1. The number of aryl methyl sites for hydroxylation is 2. The van der Waals surface area contributed by atoms with Crippen molar-refractivity contribution in [3.63, 3.8) is 0 Å². The van der Waals surface area contributed by atoms with Gasteiger partial charge in [0.2, 0.25) is 15.9 Å². The number of carbonyl (C=O) groups excluding carboxylic acids is 1. The summed E-state index contributed by atoms with van der Waals surface area (Å²) in [5.41, 5.74) is 2.68. The van der Waals surface area contributed by atoms with Crippen molar-refractivity contribution in [1.82, 2.24) is 4.31 Å². The van der Waals surface area contributed by atoms with E-state index < -0.39 is 16.6 Å². The first-order valence-corrected chi connectivity index (χ1v) is 11.7. The SMILES string of the molecule is O=C(Nc1cccc(OC(F)F)c1)C1CCN(S(=O)(=O)c2ccc3c(c2)CCC3)CC1. The lowest BCUT2D eigenvalue weighted by atomic mass is 9.97. The Balaban J connectivity index is 1.36. The fraction of sp³-hybridized carbons (Fsp3) is 0.409. The maximum absolute atomic E-state index is 13.0. The van der Waals surface area contributed by atoms with Gasteiger partial charge in [-0.3, -0.25) is 4.79 Å². The van der Waals surface area contributed by atoms with Crippen LogP contribution >= 0.6 is 0 Å². The number of halogens is 2. The van der Waals surface area contributed by atoms with Crippen LogP contribution in [0.3, 0.4) is 0 Å². The number of sulfonamides is 1. The molecule has 2 aliphatic rings. The van der Waals surface area contributed by atoms with Gasteiger partial charge in [0.05, 0.1) is 4.90 Å². The largest absolute Gasteiger partial charge is 0.435 e. The van der Waals surface area contributed by atoms with Gasteiger partial charge in [0.25, 0.3) is 0 Å². The number of alkyl halides is 2. The van der Waals surface area contributed by atoms with Crippen LogP contribution in [-0.2, 0) is 27.7 Å². The molecule has 0 spiro atoms. The molecule has 1 fully saturated rings. The van der Waals surface area contributed by atoms with E-state index in [1.807, 2.05) is 6.07 Å². The molecule has 0 saturated carbocycles. The van der Waals surface area contributed by atoms with Crippen LogP contribution in [0.5, 0.6) is 5.75 Å². The fourth-order valence-electron chi connectivity index (χ4n) is 4.21. The summed E-state index contributed by atoms with van der Waals surface area (Å²) in [5.74, 6) is -0.655. The number of piperidine rings is 1. The van der Waals surface area contributed by atoms with E-state index in [-0.39, 0.29) is 30.7 Å². The molecule has 0 unspecified atom stereocenters. The molecule has 4 rings (SSSR count). The third-order valence-electron chi connectivity index (χ3n) is 5.86. The van der Waals surface area contributed by atoms with Gasteiger partial charge in [-0.15, -0.1) is 0 Å². The summed E-state index contributed by atoms with van der Waals surface area (Å²) in [6.07, 6.45) is 3.74. The molecule has 1 amide bonds. The monoisotopic (exact) mass is 450 g/mol. The molecule has 166 valence electrons. The molecule has 1 aliphatic carbocycles. The van der Waals surface area contributed by atoms with Crippen molar-refractivity contribution in [1.29, 1.82) is 0 Å². The third kappa shape index (κ3) is 4.88. The van der Waals surface area contributed by atoms with Crippen molar-refractivity contribution < 1.29 is 26.7 Å². The second-order valence-electron chi connectivity index (χ2n) is 7.86. The molecule has 1 aliphatic heterocycles. The third-order valence-corrected chi connectivity index (χ3v) is 7.75. The number of rotatable bonds is 6. The number of ether oxygens (including phenoxy) is 1. The molecule has 1 N–H and O–H groups in total. The summed E-state index contributed by atoms with van der Waals surface area (Å²) in [6, 6.07) is 11.2. The maximum atomic E-state index is 13.0. The summed E-state index contributed by atoms with van der Waals surface area (Å²) in [4.78, 5) is 12.9. The van der Waals surface area contributed by atoms with E-state index in [2.05, 4.69) is 10.1 Å². The molecule has 0 bridgehead atoms. The molecular weight excluding hydrogens is 426 g/mol. The number of benzene rings is 2. The van der Waals surface area contributed by atoms with Gasteiger partial charge in [0, 0.05) is 30.8 Å². The highest BCUT2D eigenvalue weighted by atomic mass is 32.2. The number of fused-ring (bicyclic) bond motifs is 1. The van der Waals surface area contributed by atoms with Crippen LogP contribution in [0.15, 0.2) is 47.4 Å². The molecule has 1 heterocycles. The Morgan fingerprint density at radius 3 is 2.55 bits per heavy atom. The second kappa shape index (κ2) is 8.92. The maximum Gasteiger partial charge on any atom is 0.387 e. The summed E-state index contributed by atoms with van der Waals surface area (Å²) in [6.45, 7) is -2.43. The number of hydrogen-bond donors (Lipinski definition) is 1. The second-order valence-corrected chi connectivity index (χ2v) is 9.80. The molecule has 31 heavy (non-hydrogen) atoms. The molecular formula is C22H24F2N2O4S. The van der Waals surface area contributed by atoms with Gasteiger partial charge in [-0.2, -0.15) is 13.1 Å². The van der Waals surface area contributed by atoms with Crippen LogP contribution in [0.4, 0.5) is 14.5 Å². The number of nitrogens with zero attached hydrogens (tertiary/aromatic N) is 1. The molecule has 0 aromatic heterocycles. The molecule has 6 nitrogen and oxygen atoms in total. The molecule has 9 heteroatoms. The van der Waals surface area contributed by atoms with Gasteiger partial charge in [-0.05, 0) is 67.5 Å². The highest BCUT2D eigenvalue weighted by Crippen LogP contribution is 2.29. The molecule has 0 atom stereocenters. The average molecular weight is 451 g/mol. The lowest BCUT2D eigenvalue weighted by molar-refractivity contribution is -0.120. The molecule has 0 radical (unpaired) electrons. The van der Waals surface area contributed by atoms with Crippen molar-refractivity contribution in [3.05, 3.63) is 53.6 Å². The molecule has 1 saturated heterocycles. The Kier molecular flexibility index (Phi) is 6.24. The van der Waals surface area contributed by atoms with E-state index in [9.17, 15) is 22.0 Å². The highest BCUT2D eigenvalue weighted by molar-refractivity contribution is 7.89. The number of amides is 1. The Morgan fingerprint density at radius 1 is 1.06 bits per heavy atom. The van der Waals surface area contributed by atoms with Crippen molar-refractivity contribution in [2.24, 2.45) is 5.92 Å². The van der Waals surface area contributed by atoms with Gasteiger partial charge in [-0.25, -0.2) is 8.42 Å². The van der Waals surface area contributed by atoms with Crippen LogP contribution in [-0.4, -0.2) is 38.3 Å². The summed E-state index contributed by atoms with van der Waals surface area (Å²) in [5, 5.41) is 2.71. The predicted octanol–water partition coefficient (Wildman–Crippen LogP) is 3.82. The van der Waals surface area contributed by atoms with Crippen molar-refractivity contribution in [2.45, 2.75) is 43.6 Å². The van der Waals surface area contributed by atoms with Gasteiger partial charge in [0.15, 0.2) is 0 Å². The van der Waals surface area contributed by atoms with Crippen LogP contribution in [0.2, 0.25) is 0 Å². The van der Waals surface area contributed by atoms with Crippen molar-refractivity contribution in [3.8, 4) is 5.75 Å². The predicted molar refractivity (Wildman–Crippen MR) is 112 cm³/mol. The minimum Gasteiger partial charge on any atom is -0.435 e. The van der Waals surface area contributed by atoms with E-state index in [1.54, 1.807) is 18.2 Å². The first kappa shape index (κ1) is 21.7. The van der Waals surface area contributed by atoms with Gasteiger partial charge < -0.3 is 10.1 Å². The first-order chi connectivity index (χ1) is 14.8. The Hall–Kier alpha value is -2.52. The van der Waals surface area contributed by atoms with Gasteiger partial charge in [0.1, 0.15) is 5.75 Å². The van der Waals surface area contributed by atoms with E-state index >= 15 is 0 Å². The highest BCUT2D eigenvalue weighted by Gasteiger charge is 2.32. The Labute approximate surface area is 180 Å². The standard InChI is InChI=1S/C22H24F2N2O4S/c23-22(24)30-19-6-2-5-18(14-19)25-21(27)16-9-11-26(12-10-16)31(28,29)20-8-7-15-3-1-4-17(15)13-20/h2,5-8,13-14,16,22H,1,3-4,9-12H2,(H,25,27). The number of carbonyl (C=O) groups is 1. The fourth-order valence-corrected chi connectivity index (χ4v) is 5.73. The average Bonchev–Trinajstić information content (AvgIpc) is 3.21. The smallest absolute Gasteiger partial charge is 0.387 e. The zero-order chi connectivity index (χ0) is 22.0. The number of hydrogen-bond acceptors (Lipinski definition) is 4. The minimum atomic E-state index is -3.59. The molecule has 2 aromatic rings. The van der Waals surface area contributed by atoms with E-state index in [4.69, 9.17) is 0 Å². The number of anilines is 1. The Bertz CT molecular complexity index is 1070. The first-order valence-electron chi connectivity index (χ1n) is 10.3. The van der Waals surface area contributed by atoms with Crippen LogP contribution in [0.25, 0.3) is 0 Å². The zero-order valence-corrected chi connectivity index (χ0v) is 17.7. The quantitative estimate of drug-likeness (QED) is 0.726. The van der Waals surface area contributed by atoms with Crippen LogP contribution < -0.4 is 10.1 Å². The topological polar surface area (TPSA) is 75.7 Å². The van der Waals surface area contributed by atoms with Crippen molar-refractivity contribution in [2.75, 3.05) is 18.4 Å². The van der Waals surface area contributed by atoms with Gasteiger partial charge >= 0.3 is 6.61 Å². The van der Waals surface area contributed by atoms with E-state index in [0.717, 1.165) is 24.8 Å². The van der Waals surface area contributed by atoms with Crippen molar-refractivity contribution >= 4 is 21.6 Å².